The molecule has 2 aromatic rings. The van der Waals surface area contributed by atoms with Crippen molar-refractivity contribution in [1.82, 2.24) is 15.7 Å². The Morgan fingerprint density at radius 3 is 1.89 bits per heavy atom. The first-order valence-corrected chi connectivity index (χ1v) is 8.93. The van der Waals surface area contributed by atoms with Gasteiger partial charge in [0.25, 0.3) is 17.7 Å². The maximum absolute atomic E-state index is 12.8. The zero-order valence-electron chi connectivity index (χ0n) is 16.4. The fourth-order valence-corrected chi connectivity index (χ4v) is 2.89. The Bertz CT molecular complexity index is 844. The Labute approximate surface area is 164 Å². The molecule has 28 heavy (non-hydrogen) atoms. The lowest BCUT2D eigenvalue weighted by molar-refractivity contribution is -0.148. The van der Waals surface area contributed by atoms with Crippen molar-refractivity contribution in [2.45, 2.75) is 25.8 Å². The lowest BCUT2D eigenvalue weighted by Crippen LogP contribution is -2.64. The zero-order chi connectivity index (χ0) is 20.9. The van der Waals surface area contributed by atoms with Gasteiger partial charge in [0.05, 0.1) is 0 Å². The Morgan fingerprint density at radius 1 is 0.964 bits per heavy atom. The molecule has 148 valence electrons. The van der Waals surface area contributed by atoms with Gasteiger partial charge < -0.3 is 10.2 Å². The minimum absolute atomic E-state index is 0.317. The predicted octanol–water partition coefficient (Wildman–Crippen LogP) is 2.00. The lowest BCUT2D eigenvalue weighted by Gasteiger charge is -2.34. The molecule has 0 saturated carbocycles. The van der Waals surface area contributed by atoms with E-state index in [9.17, 15) is 14.4 Å². The van der Waals surface area contributed by atoms with Crippen molar-refractivity contribution < 1.29 is 19.6 Å². The van der Waals surface area contributed by atoms with Crippen LogP contribution in [0.4, 0.5) is 0 Å². The van der Waals surface area contributed by atoms with E-state index in [1.807, 2.05) is 24.3 Å². The number of amides is 3. The summed E-state index contributed by atoms with van der Waals surface area (Å²) < 4.78 is 0. The molecule has 0 spiro atoms. The van der Waals surface area contributed by atoms with Crippen molar-refractivity contribution in [2.75, 3.05) is 14.1 Å². The molecule has 7 heteroatoms. The number of carbonyl (C=O) groups is 3. The van der Waals surface area contributed by atoms with Crippen LogP contribution in [0.5, 0.6) is 0 Å². The van der Waals surface area contributed by atoms with Crippen LogP contribution in [0.1, 0.15) is 29.8 Å². The van der Waals surface area contributed by atoms with Gasteiger partial charge in [-0.25, -0.2) is 5.48 Å². The van der Waals surface area contributed by atoms with E-state index >= 15 is 0 Å². The third-order valence-corrected chi connectivity index (χ3v) is 5.02. The van der Waals surface area contributed by atoms with Crippen molar-refractivity contribution in [3.05, 3.63) is 59.7 Å². The summed E-state index contributed by atoms with van der Waals surface area (Å²) in [7, 11) is 2.69. The molecule has 0 aromatic heterocycles. The number of aryl methyl sites for hydroxylation is 1. The molecule has 2 aromatic carbocycles. The van der Waals surface area contributed by atoms with Crippen LogP contribution < -0.4 is 10.8 Å². The van der Waals surface area contributed by atoms with Crippen LogP contribution in [0.25, 0.3) is 11.1 Å². The van der Waals surface area contributed by atoms with Gasteiger partial charge in [0.15, 0.2) is 5.54 Å². The smallest absolute Gasteiger partial charge is 0.278 e. The van der Waals surface area contributed by atoms with Gasteiger partial charge in [-0.1, -0.05) is 43.3 Å². The summed E-state index contributed by atoms with van der Waals surface area (Å²) in [5, 5.41) is 11.3. The number of rotatable bonds is 6. The van der Waals surface area contributed by atoms with Crippen molar-refractivity contribution in [3.63, 3.8) is 0 Å². The lowest BCUT2D eigenvalue weighted by atomic mass is 9.96. The molecule has 0 fully saturated rings. The first-order chi connectivity index (χ1) is 13.3. The summed E-state index contributed by atoms with van der Waals surface area (Å²) in [6.07, 6.45) is 0.964. The molecule has 0 aliphatic heterocycles. The van der Waals surface area contributed by atoms with Crippen molar-refractivity contribution >= 4 is 17.7 Å². The van der Waals surface area contributed by atoms with E-state index in [-0.39, 0.29) is 0 Å². The van der Waals surface area contributed by atoms with E-state index in [1.165, 1.54) is 32.1 Å². The molecule has 3 N–H and O–H groups in total. The van der Waals surface area contributed by atoms with E-state index in [4.69, 9.17) is 5.21 Å². The summed E-state index contributed by atoms with van der Waals surface area (Å²) in [6, 6.07) is 15.1. The average molecular weight is 383 g/mol. The maximum atomic E-state index is 12.8. The molecule has 0 radical (unpaired) electrons. The second-order valence-corrected chi connectivity index (χ2v) is 6.58. The molecular weight excluding hydrogens is 358 g/mol. The quantitative estimate of drug-likeness (QED) is 0.404. The highest BCUT2D eigenvalue weighted by Gasteiger charge is 2.47. The van der Waals surface area contributed by atoms with Gasteiger partial charge in [-0.05, 0) is 42.2 Å². The highest BCUT2D eigenvalue weighted by Crippen LogP contribution is 2.23. The van der Waals surface area contributed by atoms with Crippen molar-refractivity contribution in [3.8, 4) is 11.1 Å². The first kappa shape index (κ1) is 21.1. The van der Waals surface area contributed by atoms with Gasteiger partial charge in [-0.3, -0.25) is 19.6 Å². The normalized spacial score (nSPS) is 12.6. The Kier molecular flexibility index (Phi) is 6.53. The highest BCUT2D eigenvalue weighted by atomic mass is 16.5. The molecule has 0 bridgehead atoms. The topological polar surface area (TPSA) is 98.7 Å². The fraction of sp³-hybridized carbons (Fsp3) is 0.286. The SMILES string of the molecule is CCc1ccc(-c2ccc(C(=O)N(C)[C@@](C)(C(=O)NC)C(=O)NO)cc2)cc1. The largest absolute Gasteiger partial charge is 0.357 e. The molecule has 3 amide bonds. The maximum Gasteiger partial charge on any atom is 0.278 e. The number of nitrogens with one attached hydrogen (secondary N) is 2. The minimum Gasteiger partial charge on any atom is -0.357 e. The van der Waals surface area contributed by atoms with E-state index < -0.39 is 23.3 Å². The zero-order valence-corrected chi connectivity index (χ0v) is 16.4. The monoisotopic (exact) mass is 383 g/mol. The summed E-state index contributed by atoms with van der Waals surface area (Å²) in [5.41, 5.74) is 3.08. The Hall–Kier alpha value is -3.19. The van der Waals surface area contributed by atoms with Gasteiger partial charge in [0, 0.05) is 19.7 Å². The summed E-state index contributed by atoms with van der Waals surface area (Å²) in [6.45, 7) is 3.36. The van der Waals surface area contributed by atoms with Crippen LogP contribution in [0.15, 0.2) is 48.5 Å². The fourth-order valence-electron chi connectivity index (χ4n) is 2.89. The number of benzene rings is 2. The molecule has 0 aliphatic rings. The van der Waals surface area contributed by atoms with E-state index in [1.54, 1.807) is 12.1 Å². The molecule has 0 aliphatic carbocycles. The van der Waals surface area contributed by atoms with Crippen LogP contribution in [-0.2, 0) is 16.0 Å². The van der Waals surface area contributed by atoms with Gasteiger partial charge >= 0.3 is 0 Å². The third kappa shape index (κ3) is 3.89. The molecule has 7 nitrogen and oxygen atoms in total. The molecule has 2 rings (SSSR count). The number of nitrogens with zero attached hydrogens (tertiary/aromatic N) is 1. The summed E-state index contributed by atoms with van der Waals surface area (Å²) in [5.74, 6) is -2.25. The van der Waals surface area contributed by atoms with E-state index in [2.05, 4.69) is 24.4 Å². The number of likely N-dealkylation sites (N-methyl/N-ethyl adjacent to an activating group) is 2. The predicted molar refractivity (Wildman–Crippen MR) is 106 cm³/mol. The van der Waals surface area contributed by atoms with E-state index in [0.717, 1.165) is 22.4 Å². The standard InChI is InChI=1S/C21H25N3O4/c1-5-14-6-8-15(9-7-14)16-10-12-17(13-11-16)18(25)24(4)21(2,19(26)22-3)20(27)23-28/h6-13,28H,5H2,1-4H3,(H,22,26)(H,23,27)/t21-/m0/s1. The van der Waals surface area contributed by atoms with Crippen molar-refractivity contribution in [2.24, 2.45) is 0 Å². The first-order valence-electron chi connectivity index (χ1n) is 8.93. The van der Waals surface area contributed by atoms with Crippen LogP contribution in [0.3, 0.4) is 0 Å². The van der Waals surface area contributed by atoms with Crippen molar-refractivity contribution in [1.29, 1.82) is 0 Å². The summed E-state index contributed by atoms with van der Waals surface area (Å²) in [4.78, 5) is 38.2. The molecule has 0 saturated heterocycles. The van der Waals surface area contributed by atoms with Crippen LogP contribution >= 0.6 is 0 Å². The van der Waals surface area contributed by atoms with Gasteiger partial charge in [0.2, 0.25) is 0 Å². The second kappa shape index (κ2) is 8.67. The Balaban J connectivity index is 2.29. The average Bonchev–Trinajstić information content (AvgIpc) is 2.76. The highest BCUT2D eigenvalue weighted by molar-refractivity contribution is 6.12. The number of carbonyl (C=O) groups excluding carboxylic acids is 3. The second-order valence-electron chi connectivity index (χ2n) is 6.58. The number of hydrogen-bond acceptors (Lipinski definition) is 4. The minimum atomic E-state index is -1.91. The molecule has 0 heterocycles. The van der Waals surface area contributed by atoms with E-state index in [0.29, 0.717) is 5.56 Å². The van der Waals surface area contributed by atoms with Crippen LogP contribution in [0.2, 0.25) is 0 Å². The van der Waals surface area contributed by atoms with Crippen LogP contribution in [-0.4, -0.2) is 47.5 Å². The molecular formula is C21H25N3O4. The van der Waals surface area contributed by atoms with Crippen LogP contribution in [0, 0.1) is 0 Å². The van der Waals surface area contributed by atoms with Gasteiger partial charge in [0.1, 0.15) is 0 Å². The molecule has 0 unspecified atom stereocenters. The summed E-state index contributed by atoms with van der Waals surface area (Å²) >= 11 is 0. The van der Waals surface area contributed by atoms with Gasteiger partial charge in [-0.15, -0.1) is 0 Å². The third-order valence-electron chi connectivity index (χ3n) is 5.02. The number of hydroxylamine groups is 1. The Morgan fingerprint density at radius 2 is 1.46 bits per heavy atom. The number of hydrogen-bond donors (Lipinski definition) is 3. The molecule has 1 atom stereocenters. The van der Waals surface area contributed by atoms with Gasteiger partial charge in [-0.2, -0.15) is 0 Å².